The van der Waals surface area contributed by atoms with Crippen molar-refractivity contribution in [1.29, 1.82) is 0 Å². The van der Waals surface area contributed by atoms with Gasteiger partial charge in [0.2, 0.25) is 10.0 Å². The van der Waals surface area contributed by atoms with Crippen LogP contribution in [0.5, 0.6) is 0 Å². The maximum Gasteiger partial charge on any atom is 0.325 e. The van der Waals surface area contributed by atoms with E-state index in [1.54, 1.807) is 60.9 Å². The van der Waals surface area contributed by atoms with Crippen LogP contribution >= 0.6 is 23.4 Å². The SMILES string of the molecule is CC.C\C=C/C(Cl)=C\C=C\C=C\C=C(/SC)S(=O)(=O)NC1(C(=O)O)CC1Cc1cccc(C(=O)N2CCN(C)CC2)c1. The van der Waals surface area contributed by atoms with E-state index in [1.165, 1.54) is 6.08 Å². The lowest BCUT2D eigenvalue weighted by molar-refractivity contribution is -0.140. The average molecular weight is 636 g/mol. The number of thioether (sulfide) groups is 1. The Morgan fingerprint density at radius 1 is 1.12 bits per heavy atom. The molecule has 42 heavy (non-hydrogen) atoms. The number of carbonyl (C=O) groups excluding carboxylic acids is 1. The Bertz CT molecular complexity index is 1350. The van der Waals surface area contributed by atoms with Crippen LogP contribution in [0.25, 0.3) is 0 Å². The molecule has 1 aromatic rings. The number of benzene rings is 1. The molecule has 1 saturated heterocycles. The van der Waals surface area contributed by atoms with Crippen LogP contribution in [0.1, 0.15) is 43.1 Å². The van der Waals surface area contributed by atoms with Gasteiger partial charge in [0, 0.05) is 36.8 Å². The van der Waals surface area contributed by atoms with Crippen molar-refractivity contribution >= 4 is 45.3 Å². The third kappa shape index (κ3) is 9.98. The van der Waals surface area contributed by atoms with Crippen LogP contribution in [0.4, 0.5) is 0 Å². The molecule has 1 saturated carbocycles. The van der Waals surface area contributed by atoms with Crippen molar-refractivity contribution in [2.24, 2.45) is 5.92 Å². The number of allylic oxidation sites excluding steroid dienone is 9. The molecular formula is C31H42ClN3O5S2. The van der Waals surface area contributed by atoms with E-state index in [0.29, 0.717) is 30.1 Å². The van der Waals surface area contributed by atoms with E-state index < -0.39 is 27.4 Å². The number of nitrogens with zero attached hydrogens (tertiary/aromatic N) is 2. The Morgan fingerprint density at radius 2 is 1.76 bits per heavy atom. The number of rotatable bonds is 12. The number of likely N-dealkylation sites (N-methyl/N-ethyl adjacent to an activating group) is 1. The van der Waals surface area contributed by atoms with Gasteiger partial charge in [-0.25, -0.2) is 8.42 Å². The smallest absolute Gasteiger partial charge is 0.325 e. The second-order valence-electron chi connectivity index (χ2n) is 9.79. The van der Waals surface area contributed by atoms with Gasteiger partial charge in [-0.3, -0.25) is 9.59 Å². The molecule has 0 radical (unpaired) electrons. The van der Waals surface area contributed by atoms with E-state index in [4.69, 9.17) is 11.6 Å². The molecule has 0 aromatic heterocycles. The molecule has 2 unspecified atom stereocenters. The minimum Gasteiger partial charge on any atom is -0.480 e. The average Bonchev–Trinajstić information content (AvgIpc) is 3.65. The van der Waals surface area contributed by atoms with Gasteiger partial charge in [-0.15, -0.1) is 11.8 Å². The molecule has 2 atom stereocenters. The van der Waals surface area contributed by atoms with E-state index in [-0.39, 0.29) is 16.6 Å². The van der Waals surface area contributed by atoms with Gasteiger partial charge < -0.3 is 14.9 Å². The molecule has 0 spiro atoms. The van der Waals surface area contributed by atoms with Crippen molar-refractivity contribution in [1.82, 2.24) is 14.5 Å². The fourth-order valence-electron chi connectivity index (χ4n) is 4.50. The number of sulfonamides is 1. The number of carbonyl (C=O) groups is 2. The topological polar surface area (TPSA) is 107 Å². The van der Waals surface area contributed by atoms with Crippen LogP contribution in [0.2, 0.25) is 0 Å². The van der Waals surface area contributed by atoms with Gasteiger partial charge in [0.05, 0.1) is 0 Å². The van der Waals surface area contributed by atoms with Gasteiger partial charge in [-0.05, 0) is 74.9 Å². The van der Waals surface area contributed by atoms with Gasteiger partial charge in [0.1, 0.15) is 9.78 Å². The summed E-state index contributed by atoms with van der Waals surface area (Å²) in [5.74, 6) is -1.70. The number of hydrogen-bond acceptors (Lipinski definition) is 6. The molecule has 1 aliphatic carbocycles. The molecule has 2 aliphatic rings. The summed E-state index contributed by atoms with van der Waals surface area (Å²) >= 11 is 6.98. The van der Waals surface area contributed by atoms with Crippen LogP contribution in [-0.2, 0) is 21.2 Å². The van der Waals surface area contributed by atoms with Crippen LogP contribution in [-0.4, -0.2) is 80.2 Å². The Labute approximate surface area is 259 Å². The summed E-state index contributed by atoms with van der Waals surface area (Å²) in [6, 6.07) is 7.17. The van der Waals surface area contributed by atoms with Gasteiger partial charge >= 0.3 is 5.97 Å². The third-order valence-corrected chi connectivity index (χ3v) is 10.1. The van der Waals surface area contributed by atoms with Crippen LogP contribution in [0, 0.1) is 5.92 Å². The molecule has 1 amide bonds. The summed E-state index contributed by atoms with van der Waals surface area (Å²) in [5, 5.41) is 10.6. The highest BCUT2D eigenvalue weighted by atomic mass is 35.5. The Morgan fingerprint density at radius 3 is 2.36 bits per heavy atom. The summed E-state index contributed by atoms with van der Waals surface area (Å²) in [5.41, 5.74) is -0.244. The third-order valence-electron chi connectivity index (χ3n) is 6.86. The monoisotopic (exact) mass is 635 g/mol. The van der Waals surface area contributed by atoms with Crippen molar-refractivity contribution in [3.8, 4) is 0 Å². The predicted molar refractivity (Wildman–Crippen MR) is 174 cm³/mol. The van der Waals surface area contributed by atoms with Gasteiger partial charge in [-0.2, -0.15) is 4.72 Å². The lowest BCUT2D eigenvalue weighted by atomic mass is 10.0. The summed E-state index contributed by atoms with van der Waals surface area (Å²) in [6.07, 6.45) is 15.5. The number of carboxylic acids is 1. The maximum atomic E-state index is 13.1. The molecule has 1 aliphatic heterocycles. The Balaban J connectivity index is 0.00000301. The molecule has 2 N–H and O–H groups in total. The second-order valence-corrected chi connectivity index (χ2v) is 13.0. The number of amides is 1. The maximum absolute atomic E-state index is 13.1. The zero-order chi connectivity index (χ0) is 31.3. The predicted octanol–water partition coefficient (Wildman–Crippen LogP) is 5.42. The lowest BCUT2D eigenvalue weighted by Crippen LogP contribution is -2.47. The van der Waals surface area contributed by atoms with Crippen LogP contribution < -0.4 is 4.72 Å². The number of aliphatic carboxylic acids is 1. The summed E-state index contributed by atoms with van der Waals surface area (Å²) in [7, 11) is -2.06. The zero-order valence-corrected chi connectivity index (χ0v) is 27.3. The molecule has 2 fully saturated rings. The van der Waals surface area contributed by atoms with Crippen molar-refractivity contribution in [2.75, 3.05) is 39.5 Å². The van der Waals surface area contributed by atoms with E-state index in [1.807, 2.05) is 44.9 Å². The van der Waals surface area contributed by atoms with E-state index in [2.05, 4.69) is 9.62 Å². The highest BCUT2D eigenvalue weighted by molar-refractivity contribution is 8.17. The molecule has 8 nitrogen and oxygen atoms in total. The first-order valence-electron chi connectivity index (χ1n) is 13.9. The van der Waals surface area contributed by atoms with Crippen molar-refractivity contribution < 1.29 is 23.1 Å². The minimum absolute atomic E-state index is 0.00527. The first-order chi connectivity index (χ1) is 20.0. The van der Waals surface area contributed by atoms with E-state index >= 15 is 0 Å². The number of nitrogens with one attached hydrogen (secondary N) is 1. The largest absolute Gasteiger partial charge is 0.480 e. The minimum atomic E-state index is -4.08. The van der Waals surface area contributed by atoms with Gasteiger partial charge in [0.15, 0.2) is 0 Å². The molecule has 1 heterocycles. The summed E-state index contributed by atoms with van der Waals surface area (Å²) in [6.45, 7) is 8.81. The molecular weight excluding hydrogens is 594 g/mol. The first kappa shape index (κ1) is 35.6. The van der Waals surface area contributed by atoms with Crippen molar-refractivity contribution in [3.63, 3.8) is 0 Å². The number of piperazine rings is 1. The fraction of sp³-hybridized carbons (Fsp3) is 0.419. The van der Waals surface area contributed by atoms with Gasteiger partial charge in [0.25, 0.3) is 5.91 Å². The van der Waals surface area contributed by atoms with Gasteiger partial charge in [-0.1, -0.05) is 68.0 Å². The van der Waals surface area contributed by atoms with Crippen molar-refractivity contribution in [2.45, 2.75) is 39.2 Å². The highest BCUT2D eigenvalue weighted by Gasteiger charge is 2.62. The zero-order valence-electron chi connectivity index (χ0n) is 24.9. The Kier molecular flexibility index (Phi) is 14.3. The number of carboxylic acid groups (broad SMARTS) is 1. The summed E-state index contributed by atoms with van der Waals surface area (Å²) < 4.78 is 28.7. The standard InChI is InChI=1S/C29H36ClN3O5S2.C2H6/c1-4-10-25(30)13-7-5-6-8-14-26(39-3)40(37,38)31-29(28(35)36)21-24(29)20-22-11-9-12-23(19-22)27(34)33-17-15-32(2)16-18-33;1-2/h4-14,19,24,31H,15-18,20-21H2,1-3H3,(H,35,36);1-2H3/b7-5+,8-6+,10-4-,25-13+,26-14+;. The quantitative estimate of drug-likeness (QED) is 0.295. The van der Waals surface area contributed by atoms with Crippen LogP contribution in [0.3, 0.4) is 0 Å². The molecule has 0 bridgehead atoms. The van der Waals surface area contributed by atoms with E-state index in [0.717, 1.165) is 30.4 Å². The van der Waals surface area contributed by atoms with Crippen LogP contribution in [0.15, 0.2) is 82.1 Å². The van der Waals surface area contributed by atoms with E-state index in [9.17, 15) is 23.1 Å². The molecule has 3 rings (SSSR count). The number of hydrogen-bond donors (Lipinski definition) is 2. The van der Waals surface area contributed by atoms with Crippen molar-refractivity contribution in [3.05, 3.63) is 93.3 Å². The Hall–Kier alpha value is -2.63. The lowest BCUT2D eigenvalue weighted by Gasteiger charge is -2.32. The molecule has 11 heteroatoms. The molecule has 1 aromatic carbocycles. The second kappa shape index (κ2) is 16.9. The summed E-state index contributed by atoms with van der Waals surface area (Å²) in [4.78, 5) is 29.2. The highest BCUT2D eigenvalue weighted by Crippen LogP contribution is 2.47. The first-order valence-corrected chi connectivity index (χ1v) is 17.0. The molecule has 230 valence electrons. The number of halogens is 1. The fourth-order valence-corrected chi connectivity index (χ4v) is 7.09. The normalized spacial score (nSPS) is 22.0.